The molecule has 1 heterocycles. The first-order chi connectivity index (χ1) is 9.15. The summed E-state index contributed by atoms with van der Waals surface area (Å²) in [5, 5.41) is 3.38. The van der Waals surface area contributed by atoms with Crippen molar-refractivity contribution in [2.45, 2.75) is 13.0 Å². The van der Waals surface area contributed by atoms with E-state index in [1.807, 2.05) is 25.1 Å². The van der Waals surface area contributed by atoms with Gasteiger partial charge in [0.2, 0.25) is 0 Å². The van der Waals surface area contributed by atoms with Gasteiger partial charge >= 0.3 is 0 Å². The van der Waals surface area contributed by atoms with Gasteiger partial charge in [-0.2, -0.15) is 0 Å². The van der Waals surface area contributed by atoms with E-state index in [-0.39, 0.29) is 17.6 Å². The third-order valence-corrected chi connectivity index (χ3v) is 4.48. The highest BCUT2D eigenvalue weighted by Crippen LogP contribution is 2.32. The molecule has 0 amide bonds. The molecule has 0 bridgehead atoms. The summed E-state index contributed by atoms with van der Waals surface area (Å²) in [6.07, 6.45) is 0. The average molecular weight is 344 g/mol. The van der Waals surface area contributed by atoms with Gasteiger partial charge in [0.15, 0.2) is 11.6 Å². The maximum absolute atomic E-state index is 13.8. The lowest BCUT2D eigenvalue weighted by Gasteiger charge is -2.17. The van der Waals surface area contributed by atoms with E-state index in [2.05, 4.69) is 21.2 Å². The van der Waals surface area contributed by atoms with Crippen LogP contribution in [0, 0.1) is 5.82 Å². The van der Waals surface area contributed by atoms with E-state index in [9.17, 15) is 4.39 Å². The first-order valence-corrected chi connectivity index (χ1v) is 7.58. The fraction of sp³-hybridized carbons (Fsp3) is 0.286. The van der Waals surface area contributed by atoms with E-state index in [1.165, 1.54) is 13.2 Å². The molecule has 102 valence electrons. The first-order valence-electron chi connectivity index (χ1n) is 5.97. The maximum atomic E-state index is 13.8. The van der Waals surface area contributed by atoms with Crippen LogP contribution in [-0.4, -0.2) is 13.7 Å². The summed E-state index contributed by atoms with van der Waals surface area (Å²) in [7, 11) is 1.47. The molecule has 2 rings (SSSR count). The van der Waals surface area contributed by atoms with Gasteiger partial charge in [0.1, 0.15) is 0 Å². The summed E-state index contributed by atoms with van der Waals surface area (Å²) in [6.45, 7) is 2.85. The minimum absolute atomic E-state index is 0.00158. The molecule has 1 N–H and O–H groups in total. The van der Waals surface area contributed by atoms with E-state index in [0.717, 1.165) is 20.8 Å². The van der Waals surface area contributed by atoms with E-state index < -0.39 is 0 Å². The van der Waals surface area contributed by atoms with Crippen molar-refractivity contribution in [2.24, 2.45) is 0 Å². The molecule has 0 saturated heterocycles. The second kappa shape index (κ2) is 6.50. The highest BCUT2D eigenvalue weighted by atomic mass is 79.9. The average Bonchev–Trinajstić information content (AvgIpc) is 2.82. The normalized spacial score (nSPS) is 12.4. The molecular formula is C14H15BrFNOS. The molecule has 0 saturated carbocycles. The van der Waals surface area contributed by atoms with Gasteiger partial charge in [0.25, 0.3) is 0 Å². The number of rotatable bonds is 5. The highest BCUT2D eigenvalue weighted by Gasteiger charge is 2.16. The molecule has 2 aromatic rings. The van der Waals surface area contributed by atoms with E-state index in [1.54, 1.807) is 17.4 Å². The molecular weight excluding hydrogens is 329 g/mol. The number of hydrogen-bond donors (Lipinski definition) is 1. The largest absolute Gasteiger partial charge is 0.494 e. The molecule has 1 aromatic carbocycles. The molecule has 1 aromatic heterocycles. The van der Waals surface area contributed by atoms with E-state index in [4.69, 9.17) is 4.74 Å². The molecule has 0 fully saturated rings. The van der Waals surface area contributed by atoms with Crippen molar-refractivity contribution in [1.82, 2.24) is 5.32 Å². The maximum Gasteiger partial charge on any atom is 0.165 e. The molecule has 5 heteroatoms. The summed E-state index contributed by atoms with van der Waals surface area (Å²) in [5.41, 5.74) is 0.898. The monoisotopic (exact) mass is 343 g/mol. The van der Waals surface area contributed by atoms with Crippen molar-refractivity contribution < 1.29 is 9.13 Å². The zero-order chi connectivity index (χ0) is 13.8. The molecule has 0 spiro atoms. The van der Waals surface area contributed by atoms with Gasteiger partial charge in [-0.25, -0.2) is 4.39 Å². The topological polar surface area (TPSA) is 21.3 Å². The van der Waals surface area contributed by atoms with Crippen molar-refractivity contribution in [3.8, 4) is 5.75 Å². The number of thiophene rings is 1. The van der Waals surface area contributed by atoms with Gasteiger partial charge in [-0.05, 0) is 52.3 Å². The van der Waals surface area contributed by atoms with Crippen LogP contribution in [0.3, 0.4) is 0 Å². The Morgan fingerprint density at radius 3 is 2.68 bits per heavy atom. The second-order valence-electron chi connectivity index (χ2n) is 4.03. The quantitative estimate of drug-likeness (QED) is 0.870. The molecule has 1 atom stereocenters. The van der Waals surface area contributed by atoms with Gasteiger partial charge in [0, 0.05) is 4.88 Å². The Kier molecular flexibility index (Phi) is 4.96. The number of halogens is 2. The van der Waals surface area contributed by atoms with Gasteiger partial charge in [-0.3, -0.25) is 0 Å². The molecule has 0 aliphatic heterocycles. The Labute approximate surface area is 124 Å². The molecule has 2 nitrogen and oxygen atoms in total. The minimum Gasteiger partial charge on any atom is -0.494 e. The lowest BCUT2D eigenvalue weighted by Crippen LogP contribution is -2.21. The zero-order valence-electron chi connectivity index (χ0n) is 10.7. The van der Waals surface area contributed by atoms with Crippen LogP contribution in [0.2, 0.25) is 0 Å². The standard InChI is InChI=1S/C14H15BrFNOS/c1-3-17-14(12-6-7-13(15)19-12)9-4-5-11(18-2)10(16)8-9/h4-8,14,17H,3H2,1-2H3. The summed E-state index contributed by atoms with van der Waals surface area (Å²) >= 11 is 5.10. The Balaban J connectivity index is 2.36. The number of nitrogens with one attached hydrogen (secondary N) is 1. The van der Waals surface area contributed by atoms with Crippen LogP contribution < -0.4 is 10.1 Å². The van der Waals surface area contributed by atoms with Gasteiger partial charge in [0.05, 0.1) is 16.9 Å². The number of ether oxygens (including phenoxy) is 1. The fourth-order valence-electron chi connectivity index (χ4n) is 1.93. The predicted molar refractivity (Wildman–Crippen MR) is 80.5 cm³/mol. The Morgan fingerprint density at radius 2 is 2.16 bits per heavy atom. The van der Waals surface area contributed by atoms with Crippen LogP contribution in [0.4, 0.5) is 4.39 Å². The summed E-state index contributed by atoms with van der Waals surface area (Å²) in [4.78, 5) is 1.15. The highest BCUT2D eigenvalue weighted by molar-refractivity contribution is 9.11. The van der Waals surface area contributed by atoms with Gasteiger partial charge < -0.3 is 10.1 Å². The number of hydrogen-bond acceptors (Lipinski definition) is 3. The van der Waals surface area contributed by atoms with Crippen LogP contribution in [0.5, 0.6) is 5.75 Å². The third kappa shape index (κ3) is 3.35. The van der Waals surface area contributed by atoms with E-state index >= 15 is 0 Å². The summed E-state index contributed by atoms with van der Waals surface area (Å²) in [6, 6.07) is 9.14. The Morgan fingerprint density at radius 1 is 1.37 bits per heavy atom. The Hall–Kier alpha value is -0.910. The first kappa shape index (κ1) is 14.5. The van der Waals surface area contributed by atoms with Crippen LogP contribution in [0.25, 0.3) is 0 Å². The van der Waals surface area contributed by atoms with Crippen LogP contribution in [0.15, 0.2) is 34.1 Å². The lowest BCUT2D eigenvalue weighted by molar-refractivity contribution is 0.386. The van der Waals surface area contributed by atoms with Crippen molar-refractivity contribution in [3.63, 3.8) is 0 Å². The molecule has 0 radical (unpaired) electrons. The molecule has 19 heavy (non-hydrogen) atoms. The zero-order valence-corrected chi connectivity index (χ0v) is 13.1. The third-order valence-electron chi connectivity index (χ3n) is 2.80. The molecule has 0 aliphatic rings. The van der Waals surface area contributed by atoms with Crippen molar-refractivity contribution >= 4 is 27.3 Å². The lowest BCUT2D eigenvalue weighted by atomic mass is 10.0. The number of benzene rings is 1. The fourth-order valence-corrected chi connectivity index (χ4v) is 3.46. The number of methoxy groups -OCH3 is 1. The predicted octanol–water partition coefficient (Wildman–Crippen LogP) is 4.36. The Bertz CT molecular complexity index is 558. The molecule has 1 unspecified atom stereocenters. The van der Waals surface area contributed by atoms with Crippen molar-refractivity contribution in [3.05, 3.63) is 50.4 Å². The second-order valence-corrected chi connectivity index (χ2v) is 6.52. The van der Waals surface area contributed by atoms with Gasteiger partial charge in [-0.15, -0.1) is 11.3 Å². The van der Waals surface area contributed by atoms with Crippen LogP contribution >= 0.6 is 27.3 Å². The van der Waals surface area contributed by atoms with Crippen molar-refractivity contribution in [2.75, 3.05) is 13.7 Å². The summed E-state index contributed by atoms with van der Waals surface area (Å²) in [5.74, 6) is -0.0649. The summed E-state index contributed by atoms with van der Waals surface area (Å²) < 4.78 is 19.8. The van der Waals surface area contributed by atoms with Crippen LogP contribution in [0.1, 0.15) is 23.4 Å². The minimum atomic E-state index is -0.335. The van der Waals surface area contributed by atoms with Gasteiger partial charge in [-0.1, -0.05) is 13.0 Å². The van der Waals surface area contributed by atoms with E-state index in [0.29, 0.717) is 0 Å². The van der Waals surface area contributed by atoms with Crippen molar-refractivity contribution in [1.29, 1.82) is 0 Å². The SMILES string of the molecule is CCNC(c1ccc(OC)c(F)c1)c1ccc(Br)s1. The van der Waals surface area contributed by atoms with Crippen LogP contribution in [-0.2, 0) is 0 Å². The smallest absolute Gasteiger partial charge is 0.165 e. The molecule has 0 aliphatic carbocycles.